The molecule has 7 heteroatoms. The molecule has 5 nitrogen and oxygen atoms in total. The van der Waals surface area contributed by atoms with E-state index in [0.29, 0.717) is 11.5 Å². The zero-order chi connectivity index (χ0) is 15.1. The summed E-state index contributed by atoms with van der Waals surface area (Å²) in [5.74, 6) is -0.472. The van der Waals surface area contributed by atoms with E-state index >= 15 is 0 Å². The van der Waals surface area contributed by atoms with E-state index in [9.17, 15) is 4.79 Å². The van der Waals surface area contributed by atoms with Gasteiger partial charge in [0.15, 0.2) is 11.5 Å². The van der Waals surface area contributed by atoms with E-state index in [2.05, 4.69) is 32.8 Å². The van der Waals surface area contributed by atoms with Crippen molar-refractivity contribution in [1.29, 1.82) is 0 Å². The number of benzene rings is 1. The molecular weight excluding hydrogens is 405 g/mol. The van der Waals surface area contributed by atoms with Gasteiger partial charge in [-0.1, -0.05) is 29.8 Å². The van der Waals surface area contributed by atoms with Crippen LogP contribution in [-0.2, 0) is 0 Å². The smallest absolute Gasteiger partial charge is 0.337 e. The molecule has 0 radical (unpaired) electrons. The minimum atomic E-state index is -1.04. The third-order valence-electron chi connectivity index (χ3n) is 3.14. The summed E-state index contributed by atoms with van der Waals surface area (Å²) in [7, 11) is 0. The van der Waals surface area contributed by atoms with Gasteiger partial charge < -0.3 is 5.11 Å². The Kier molecular flexibility index (Phi) is 3.58. The van der Waals surface area contributed by atoms with Gasteiger partial charge in [0.1, 0.15) is 0 Å². The number of halogens is 2. The Hall–Kier alpha value is -1.67. The number of nitrogens with zero attached hydrogens (tertiary/aromatic N) is 3. The van der Waals surface area contributed by atoms with Gasteiger partial charge in [0.25, 0.3) is 0 Å². The molecule has 2 heterocycles. The monoisotopic (exact) mass is 413 g/mol. The lowest BCUT2D eigenvalue weighted by molar-refractivity contribution is 0.0696. The van der Waals surface area contributed by atoms with Gasteiger partial charge in [-0.15, -0.1) is 10.2 Å². The second-order valence-corrected chi connectivity index (χ2v) is 6.02. The van der Waals surface area contributed by atoms with E-state index in [1.54, 1.807) is 4.40 Å². The number of pyridine rings is 1. The number of hydrogen-bond donors (Lipinski definition) is 1. The molecule has 1 N–H and O–H groups in total. The Morgan fingerprint density at radius 3 is 2.86 bits per heavy atom. The first-order chi connectivity index (χ1) is 9.99. The molecule has 0 aliphatic heterocycles. The summed E-state index contributed by atoms with van der Waals surface area (Å²) in [6.45, 7) is 2.00. The zero-order valence-corrected chi connectivity index (χ0v) is 13.8. The van der Waals surface area contributed by atoms with Crippen LogP contribution < -0.4 is 0 Å². The number of aromatic carboxylic acids is 1. The summed E-state index contributed by atoms with van der Waals surface area (Å²) in [6, 6.07) is 7.23. The molecule has 0 amide bonds. The summed E-state index contributed by atoms with van der Waals surface area (Å²) < 4.78 is 2.66. The summed E-state index contributed by atoms with van der Waals surface area (Å²) in [4.78, 5) is 11.2. The standard InChI is InChI=1S/C14H9ClIN3O2/c1-7-3-2-4-9(11(7)16)12-17-18-13-10(15)5-8(14(20)21)6-19(12)13/h2-6H,1H3,(H,20,21). The fraction of sp³-hybridized carbons (Fsp3) is 0.0714. The van der Waals surface area contributed by atoms with Gasteiger partial charge in [0.2, 0.25) is 0 Å². The molecule has 0 saturated heterocycles. The predicted molar refractivity (Wildman–Crippen MR) is 87.8 cm³/mol. The molecule has 2 aromatic heterocycles. The lowest BCUT2D eigenvalue weighted by Gasteiger charge is -2.06. The van der Waals surface area contributed by atoms with Crippen molar-refractivity contribution in [3.05, 3.63) is 50.2 Å². The van der Waals surface area contributed by atoms with Crippen molar-refractivity contribution in [2.75, 3.05) is 0 Å². The molecule has 0 aliphatic carbocycles. The largest absolute Gasteiger partial charge is 0.478 e. The van der Waals surface area contributed by atoms with Crippen molar-refractivity contribution in [3.63, 3.8) is 0 Å². The van der Waals surface area contributed by atoms with E-state index in [0.717, 1.165) is 14.7 Å². The van der Waals surface area contributed by atoms with Crippen LogP contribution in [0.5, 0.6) is 0 Å². The number of carboxylic acids is 1. The molecule has 106 valence electrons. The lowest BCUT2D eigenvalue weighted by Crippen LogP contribution is -2.01. The quantitative estimate of drug-likeness (QED) is 0.651. The molecule has 0 bridgehead atoms. The third kappa shape index (κ3) is 2.38. The molecule has 3 aromatic rings. The van der Waals surface area contributed by atoms with E-state index in [-0.39, 0.29) is 10.6 Å². The first-order valence-corrected chi connectivity index (χ1v) is 7.48. The molecule has 0 unspecified atom stereocenters. The van der Waals surface area contributed by atoms with Crippen LogP contribution in [0.4, 0.5) is 0 Å². The minimum absolute atomic E-state index is 0.0937. The topological polar surface area (TPSA) is 67.5 Å². The van der Waals surface area contributed by atoms with E-state index in [4.69, 9.17) is 16.7 Å². The van der Waals surface area contributed by atoms with E-state index in [1.165, 1.54) is 12.3 Å². The highest BCUT2D eigenvalue weighted by Gasteiger charge is 2.16. The zero-order valence-electron chi connectivity index (χ0n) is 10.8. The van der Waals surface area contributed by atoms with Crippen LogP contribution in [-0.4, -0.2) is 25.7 Å². The predicted octanol–water partition coefficient (Wildman–Crippen LogP) is 3.66. The maximum Gasteiger partial charge on any atom is 0.337 e. The number of fused-ring (bicyclic) bond motifs is 1. The summed E-state index contributed by atoms with van der Waals surface area (Å²) in [5.41, 5.74) is 2.54. The number of carboxylic acid groups (broad SMARTS) is 1. The average Bonchev–Trinajstić information content (AvgIpc) is 2.86. The molecule has 0 aliphatic rings. The van der Waals surface area contributed by atoms with Gasteiger partial charge >= 0.3 is 5.97 Å². The second kappa shape index (κ2) is 5.27. The maximum atomic E-state index is 11.2. The third-order valence-corrected chi connectivity index (χ3v) is 4.85. The Morgan fingerprint density at radius 2 is 2.14 bits per heavy atom. The van der Waals surface area contributed by atoms with Crippen LogP contribution in [0, 0.1) is 10.5 Å². The summed E-state index contributed by atoms with van der Waals surface area (Å²) in [5, 5.41) is 17.6. The number of aromatic nitrogens is 3. The fourth-order valence-electron chi connectivity index (χ4n) is 2.07. The molecule has 0 saturated carbocycles. The number of aryl methyl sites for hydroxylation is 1. The average molecular weight is 414 g/mol. The first-order valence-electron chi connectivity index (χ1n) is 6.02. The lowest BCUT2D eigenvalue weighted by atomic mass is 10.1. The summed E-state index contributed by atoms with van der Waals surface area (Å²) in [6.07, 6.45) is 1.48. The number of hydrogen-bond acceptors (Lipinski definition) is 3. The van der Waals surface area contributed by atoms with E-state index < -0.39 is 5.97 Å². The van der Waals surface area contributed by atoms with E-state index in [1.807, 2.05) is 25.1 Å². The normalized spacial score (nSPS) is 11.0. The van der Waals surface area contributed by atoms with Crippen LogP contribution >= 0.6 is 34.2 Å². The Balaban J connectivity index is 2.33. The van der Waals surface area contributed by atoms with Crippen molar-refractivity contribution in [2.24, 2.45) is 0 Å². The Morgan fingerprint density at radius 1 is 1.38 bits per heavy atom. The maximum absolute atomic E-state index is 11.2. The number of rotatable bonds is 2. The number of carbonyl (C=O) groups is 1. The molecule has 0 fully saturated rings. The minimum Gasteiger partial charge on any atom is -0.478 e. The van der Waals surface area contributed by atoms with Crippen LogP contribution in [0.1, 0.15) is 15.9 Å². The summed E-state index contributed by atoms with van der Waals surface area (Å²) >= 11 is 8.33. The van der Waals surface area contributed by atoms with Gasteiger partial charge in [-0.3, -0.25) is 4.40 Å². The van der Waals surface area contributed by atoms with Gasteiger partial charge in [0, 0.05) is 15.3 Å². The van der Waals surface area contributed by atoms with Crippen molar-refractivity contribution in [3.8, 4) is 11.4 Å². The van der Waals surface area contributed by atoms with Crippen LogP contribution in [0.3, 0.4) is 0 Å². The van der Waals surface area contributed by atoms with Gasteiger partial charge in [0.05, 0.1) is 10.6 Å². The highest BCUT2D eigenvalue weighted by molar-refractivity contribution is 14.1. The first kappa shape index (κ1) is 14.3. The van der Waals surface area contributed by atoms with Crippen molar-refractivity contribution in [2.45, 2.75) is 6.92 Å². The van der Waals surface area contributed by atoms with Gasteiger partial charge in [-0.2, -0.15) is 0 Å². The molecule has 21 heavy (non-hydrogen) atoms. The van der Waals surface area contributed by atoms with Crippen LogP contribution in [0.15, 0.2) is 30.5 Å². The molecule has 1 aromatic carbocycles. The molecular formula is C14H9ClIN3O2. The van der Waals surface area contributed by atoms with Crippen molar-refractivity contribution < 1.29 is 9.90 Å². The molecule has 0 spiro atoms. The molecule has 0 atom stereocenters. The molecule has 3 rings (SSSR count). The highest BCUT2D eigenvalue weighted by Crippen LogP contribution is 2.28. The SMILES string of the molecule is Cc1cccc(-c2nnc3c(Cl)cc(C(=O)O)cn23)c1I. The van der Waals surface area contributed by atoms with Crippen molar-refractivity contribution in [1.82, 2.24) is 14.6 Å². The fourth-order valence-corrected chi connectivity index (χ4v) is 2.92. The van der Waals surface area contributed by atoms with Gasteiger partial charge in [-0.25, -0.2) is 4.79 Å². The highest BCUT2D eigenvalue weighted by atomic mass is 127. The van der Waals surface area contributed by atoms with Crippen molar-refractivity contribution >= 4 is 45.8 Å². The van der Waals surface area contributed by atoms with Crippen LogP contribution in [0.25, 0.3) is 17.0 Å². The van der Waals surface area contributed by atoms with Gasteiger partial charge in [-0.05, 0) is 41.1 Å². The Labute approximate surface area is 138 Å². The Bertz CT molecular complexity index is 876. The van der Waals surface area contributed by atoms with Crippen LogP contribution in [0.2, 0.25) is 5.02 Å². The second-order valence-electron chi connectivity index (χ2n) is 4.54.